The minimum absolute atomic E-state index is 0.429. The fourth-order valence-electron chi connectivity index (χ4n) is 3.72. The van der Waals surface area contributed by atoms with Gasteiger partial charge in [0, 0.05) is 29.6 Å². The van der Waals surface area contributed by atoms with E-state index in [1.807, 2.05) is 42.5 Å². The average molecular weight is 406 g/mol. The van der Waals surface area contributed by atoms with Crippen molar-refractivity contribution in [3.8, 4) is 22.5 Å². The van der Waals surface area contributed by atoms with E-state index >= 15 is 0 Å². The zero-order valence-electron chi connectivity index (χ0n) is 15.9. The molecule has 8 heteroatoms. The van der Waals surface area contributed by atoms with Crippen LogP contribution in [0.5, 0.6) is 0 Å². The Morgan fingerprint density at radius 3 is 2.59 bits per heavy atom. The molecule has 2 aromatic heterocycles. The van der Waals surface area contributed by atoms with E-state index in [4.69, 9.17) is 27.3 Å². The maximum atomic E-state index is 6.51. The molecule has 0 spiro atoms. The summed E-state index contributed by atoms with van der Waals surface area (Å²) < 4.78 is 0. The molecule has 0 bridgehead atoms. The van der Waals surface area contributed by atoms with Crippen LogP contribution in [0.2, 0.25) is 5.02 Å². The van der Waals surface area contributed by atoms with Crippen LogP contribution in [-0.2, 0) is 0 Å². The van der Waals surface area contributed by atoms with Crippen LogP contribution in [0.1, 0.15) is 0 Å². The largest absolute Gasteiger partial charge is 0.381 e. The minimum Gasteiger partial charge on any atom is -0.381 e. The molecule has 0 atom stereocenters. The van der Waals surface area contributed by atoms with Gasteiger partial charge < -0.3 is 10.6 Å². The number of benzene rings is 2. The van der Waals surface area contributed by atoms with Crippen LogP contribution in [0.3, 0.4) is 0 Å². The molecule has 7 nitrogen and oxygen atoms in total. The first-order chi connectivity index (χ1) is 14.1. The normalized spacial score (nSPS) is 14.8. The Hall–Kier alpha value is -3.16. The van der Waals surface area contributed by atoms with Gasteiger partial charge in [0.05, 0.1) is 34.8 Å². The number of likely N-dealkylation sites (N-methyl/N-ethyl adjacent to an activating group) is 1. The van der Waals surface area contributed by atoms with Crippen molar-refractivity contribution in [2.24, 2.45) is 0 Å². The maximum Gasteiger partial charge on any atom is 0.173 e. The van der Waals surface area contributed by atoms with Crippen molar-refractivity contribution >= 4 is 34.1 Å². The Balaban J connectivity index is 1.74. The molecule has 1 saturated heterocycles. The number of nitrogens with two attached hydrogens (primary N) is 1. The number of aromatic amines is 1. The molecule has 0 amide bonds. The molecule has 0 saturated carbocycles. The van der Waals surface area contributed by atoms with E-state index in [-0.39, 0.29) is 0 Å². The summed E-state index contributed by atoms with van der Waals surface area (Å²) in [5.41, 5.74) is 10.5. The molecule has 2 aromatic carbocycles. The molecular formula is C21H20ClN7. The Morgan fingerprint density at radius 1 is 1.03 bits per heavy atom. The number of anilines is 2. The Morgan fingerprint density at radius 2 is 1.83 bits per heavy atom. The Labute approximate surface area is 173 Å². The van der Waals surface area contributed by atoms with Crippen molar-refractivity contribution in [1.82, 2.24) is 25.1 Å². The van der Waals surface area contributed by atoms with E-state index in [0.717, 1.165) is 53.2 Å². The maximum absolute atomic E-state index is 6.51. The molecule has 146 valence electrons. The molecule has 3 N–H and O–H groups in total. The third-order valence-corrected chi connectivity index (χ3v) is 5.49. The summed E-state index contributed by atoms with van der Waals surface area (Å²) >= 11 is 6.51. The van der Waals surface area contributed by atoms with Crippen molar-refractivity contribution in [1.29, 1.82) is 0 Å². The van der Waals surface area contributed by atoms with E-state index < -0.39 is 0 Å². The van der Waals surface area contributed by atoms with Gasteiger partial charge in [-0.05, 0) is 19.2 Å². The first kappa shape index (κ1) is 17.9. The van der Waals surface area contributed by atoms with Gasteiger partial charge in [-0.15, -0.1) is 0 Å². The predicted octanol–water partition coefficient (Wildman–Crippen LogP) is 3.63. The van der Waals surface area contributed by atoms with Crippen LogP contribution in [0.15, 0.2) is 48.7 Å². The van der Waals surface area contributed by atoms with E-state index in [0.29, 0.717) is 16.7 Å². The van der Waals surface area contributed by atoms with E-state index in [2.05, 4.69) is 27.0 Å². The van der Waals surface area contributed by atoms with Gasteiger partial charge in [-0.1, -0.05) is 41.9 Å². The van der Waals surface area contributed by atoms with Gasteiger partial charge in [-0.25, -0.2) is 9.97 Å². The first-order valence-corrected chi connectivity index (χ1v) is 9.77. The van der Waals surface area contributed by atoms with E-state index in [9.17, 15) is 0 Å². The lowest BCUT2D eigenvalue weighted by molar-refractivity contribution is 0.420. The lowest BCUT2D eigenvalue weighted by Crippen LogP contribution is -2.25. The molecule has 4 aromatic rings. The molecule has 0 aliphatic carbocycles. The molecule has 5 rings (SSSR count). The minimum atomic E-state index is 0.429. The quantitative estimate of drug-likeness (QED) is 0.541. The molecule has 1 aliphatic rings. The van der Waals surface area contributed by atoms with Crippen molar-refractivity contribution < 1.29 is 0 Å². The highest BCUT2D eigenvalue weighted by molar-refractivity contribution is 6.35. The highest BCUT2D eigenvalue weighted by Crippen LogP contribution is 2.36. The molecule has 0 radical (unpaired) electrons. The van der Waals surface area contributed by atoms with E-state index in [1.54, 1.807) is 6.20 Å². The van der Waals surface area contributed by atoms with Crippen molar-refractivity contribution in [2.45, 2.75) is 0 Å². The summed E-state index contributed by atoms with van der Waals surface area (Å²) in [6.45, 7) is 2.59. The van der Waals surface area contributed by atoms with Gasteiger partial charge in [-0.2, -0.15) is 5.10 Å². The number of nitrogens with zero attached hydrogens (tertiary/aromatic N) is 5. The number of nitrogens with one attached hydrogen (secondary N) is 1. The number of nitrogen functional groups attached to an aromatic ring is 1. The number of halogens is 1. The highest BCUT2D eigenvalue weighted by Gasteiger charge is 2.24. The first-order valence-electron chi connectivity index (χ1n) is 9.39. The summed E-state index contributed by atoms with van der Waals surface area (Å²) in [7, 11) is 2.08. The molecular weight excluding hydrogens is 386 g/mol. The Bertz CT molecular complexity index is 1190. The predicted molar refractivity (Wildman–Crippen MR) is 117 cm³/mol. The van der Waals surface area contributed by atoms with Gasteiger partial charge in [-0.3, -0.25) is 10.00 Å². The summed E-state index contributed by atoms with van der Waals surface area (Å²) in [6.07, 6.45) is 1.76. The number of hydrogen-bond donors (Lipinski definition) is 2. The van der Waals surface area contributed by atoms with Crippen LogP contribution in [0.25, 0.3) is 33.4 Å². The molecule has 29 heavy (non-hydrogen) atoms. The molecule has 1 fully saturated rings. The summed E-state index contributed by atoms with van der Waals surface area (Å²) in [5, 5.41) is 8.55. The number of fused-ring (bicyclic) bond motifs is 1. The SMILES string of the molecule is CN1CCN(c2nc(-c3cc(Cl)c4[nH]ncc4c3)c(-c3ccccc3)nc2N)C1. The monoisotopic (exact) mass is 405 g/mol. The van der Waals surface area contributed by atoms with Crippen molar-refractivity contribution in [2.75, 3.05) is 37.4 Å². The summed E-state index contributed by atoms with van der Waals surface area (Å²) in [5.74, 6) is 1.13. The number of aromatic nitrogens is 4. The van der Waals surface area contributed by atoms with E-state index in [1.165, 1.54) is 0 Å². The lowest BCUT2D eigenvalue weighted by atomic mass is 10.0. The summed E-state index contributed by atoms with van der Waals surface area (Å²) in [6, 6.07) is 13.9. The highest BCUT2D eigenvalue weighted by atomic mass is 35.5. The van der Waals surface area contributed by atoms with Crippen LogP contribution < -0.4 is 10.6 Å². The van der Waals surface area contributed by atoms with Gasteiger partial charge in [0.2, 0.25) is 0 Å². The average Bonchev–Trinajstić information content (AvgIpc) is 3.37. The fraction of sp³-hybridized carbons (Fsp3) is 0.190. The van der Waals surface area contributed by atoms with Gasteiger partial charge in [0.25, 0.3) is 0 Å². The number of hydrogen-bond acceptors (Lipinski definition) is 6. The topological polar surface area (TPSA) is 87.0 Å². The zero-order valence-corrected chi connectivity index (χ0v) is 16.7. The second-order valence-corrected chi connectivity index (χ2v) is 7.68. The van der Waals surface area contributed by atoms with Crippen LogP contribution in [0.4, 0.5) is 11.6 Å². The van der Waals surface area contributed by atoms with Crippen LogP contribution in [-0.4, -0.2) is 51.9 Å². The van der Waals surface area contributed by atoms with Crippen LogP contribution >= 0.6 is 11.6 Å². The third kappa shape index (κ3) is 3.18. The number of H-pyrrole nitrogens is 1. The lowest BCUT2D eigenvalue weighted by Gasteiger charge is -2.21. The fourth-order valence-corrected chi connectivity index (χ4v) is 3.99. The van der Waals surface area contributed by atoms with Crippen molar-refractivity contribution in [3.63, 3.8) is 0 Å². The molecule has 3 heterocycles. The van der Waals surface area contributed by atoms with Gasteiger partial charge in [0.1, 0.15) is 0 Å². The molecule has 0 unspecified atom stereocenters. The van der Waals surface area contributed by atoms with Gasteiger partial charge >= 0.3 is 0 Å². The second-order valence-electron chi connectivity index (χ2n) is 7.27. The standard InChI is InChI=1S/C21H20ClN7/c1-28-7-8-29(12-28)21-20(23)25-18(13-5-3-2-4-6-13)19(26-21)14-9-15-11-24-27-17(15)16(22)10-14/h2-6,9-11H,7-8,12H2,1H3,(H2,23,25)(H,24,27). The zero-order chi connectivity index (χ0) is 20.0. The third-order valence-electron chi connectivity index (χ3n) is 5.19. The van der Waals surface area contributed by atoms with Crippen LogP contribution in [0, 0.1) is 0 Å². The smallest absolute Gasteiger partial charge is 0.173 e. The second kappa shape index (κ2) is 7.02. The van der Waals surface area contributed by atoms with Crippen molar-refractivity contribution in [3.05, 3.63) is 53.7 Å². The Kier molecular flexibility index (Phi) is 4.34. The van der Waals surface area contributed by atoms with Gasteiger partial charge in [0.15, 0.2) is 11.6 Å². The molecule has 1 aliphatic heterocycles. The summed E-state index contributed by atoms with van der Waals surface area (Å²) in [4.78, 5) is 14.1. The number of rotatable bonds is 3.